The Hall–Kier alpha value is -0.800. The highest BCUT2D eigenvalue weighted by atomic mass is 35.5. The van der Waals surface area contributed by atoms with Gasteiger partial charge in [0, 0.05) is 31.2 Å². The van der Waals surface area contributed by atoms with Crippen molar-refractivity contribution < 1.29 is 0 Å². The average molecular weight is 294 g/mol. The van der Waals surface area contributed by atoms with Gasteiger partial charge in [-0.05, 0) is 50.4 Å². The van der Waals surface area contributed by atoms with Crippen LogP contribution in [0.1, 0.15) is 37.7 Å². The molecule has 0 spiro atoms. The number of hydrogen-bond donors (Lipinski definition) is 0. The lowest BCUT2D eigenvalue weighted by Gasteiger charge is -2.41. The molecule has 0 saturated carbocycles. The molecule has 110 valence electrons. The fourth-order valence-electron chi connectivity index (χ4n) is 3.57. The van der Waals surface area contributed by atoms with Crippen molar-refractivity contribution in [2.45, 2.75) is 44.0 Å². The van der Waals surface area contributed by atoms with Gasteiger partial charge in [0.15, 0.2) is 0 Å². The highest BCUT2D eigenvalue weighted by Crippen LogP contribution is 2.27. The Balaban J connectivity index is 1.60. The topological polar surface area (TPSA) is 19.4 Å². The van der Waals surface area contributed by atoms with Crippen LogP contribution in [-0.4, -0.2) is 42.1 Å². The number of alkyl halides is 1. The van der Waals surface area contributed by atoms with E-state index in [2.05, 4.69) is 14.8 Å². The van der Waals surface area contributed by atoms with Gasteiger partial charge in [0.2, 0.25) is 0 Å². The molecule has 20 heavy (non-hydrogen) atoms. The summed E-state index contributed by atoms with van der Waals surface area (Å²) in [6, 6.07) is 2.83. The van der Waals surface area contributed by atoms with Crippen molar-refractivity contribution in [3.05, 3.63) is 24.0 Å². The number of halogens is 1. The zero-order chi connectivity index (χ0) is 13.8. The maximum Gasteiger partial charge on any atom is 0.0597 e. The van der Waals surface area contributed by atoms with E-state index in [1.54, 1.807) is 0 Å². The normalized spacial score (nSPS) is 22.1. The van der Waals surface area contributed by atoms with Crippen molar-refractivity contribution in [1.29, 1.82) is 0 Å². The summed E-state index contributed by atoms with van der Waals surface area (Å²) in [7, 11) is 0. The molecule has 0 radical (unpaired) electrons. The zero-order valence-electron chi connectivity index (χ0n) is 12.1. The molecule has 3 heterocycles. The van der Waals surface area contributed by atoms with Crippen molar-refractivity contribution in [2.24, 2.45) is 0 Å². The van der Waals surface area contributed by atoms with Crippen molar-refractivity contribution in [3.63, 3.8) is 0 Å². The Bertz CT molecular complexity index is 423. The fourth-order valence-corrected chi connectivity index (χ4v) is 3.79. The lowest BCUT2D eigenvalue weighted by Crippen LogP contribution is -2.46. The molecule has 2 saturated heterocycles. The monoisotopic (exact) mass is 293 g/mol. The second kappa shape index (κ2) is 6.77. The van der Waals surface area contributed by atoms with Gasteiger partial charge >= 0.3 is 0 Å². The molecule has 2 aliphatic rings. The minimum absolute atomic E-state index is 0.573. The van der Waals surface area contributed by atoms with Crippen LogP contribution in [0.5, 0.6) is 0 Å². The molecule has 0 unspecified atom stereocenters. The van der Waals surface area contributed by atoms with E-state index >= 15 is 0 Å². The molecule has 0 N–H and O–H groups in total. The first-order valence-electron chi connectivity index (χ1n) is 7.86. The van der Waals surface area contributed by atoms with Gasteiger partial charge in [-0.15, -0.1) is 11.6 Å². The van der Waals surface area contributed by atoms with Gasteiger partial charge in [0.1, 0.15) is 0 Å². The largest absolute Gasteiger partial charge is 0.370 e. The number of anilines is 1. The van der Waals surface area contributed by atoms with Crippen LogP contribution in [0.2, 0.25) is 0 Å². The van der Waals surface area contributed by atoms with Gasteiger partial charge in [-0.1, -0.05) is 6.42 Å². The Morgan fingerprint density at radius 3 is 2.55 bits per heavy atom. The predicted molar refractivity (Wildman–Crippen MR) is 84.5 cm³/mol. The summed E-state index contributed by atoms with van der Waals surface area (Å²) in [5.41, 5.74) is 2.44. The van der Waals surface area contributed by atoms with Crippen LogP contribution in [0.15, 0.2) is 18.5 Å². The van der Waals surface area contributed by atoms with E-state index in [9.17, 15) is 0 Å². The first kappa shape index (κ1) is 14.2. The van der Waals surface area contributed by atoms with E-state index in [1.807, 2.05) is 18.5 Å². The van der Waals surface area contributed by atoms with Gasteiger partial charge < -0.3 is 9.80 Å². The van der Waals surface area contributed by atoms with Gasteiger partial charge in [0.05, 0.1) is 11.9 Å². The van der Waals surface area contributed by atoms with Gasteiger partial charge in [0.25, 0.3) is 0 Å². The third kappa shape index (κ3) is 3.09. The molecule has 2 aliphatic heterocycles. The van der Waals surface area contributed by atoms with Gasteiger partial charge in [-0.2, -0.15) is 0 Å². The standard InChI is InChI=1S/C16H24ClN3/c17-12-14-4-7-18-13-16(14)20-10-5-15(6-11-20)19-8-2-1-3-9-19/h4,7,13,15H,1-3,5-6,8-12H2. The molecular formula is C16H24ClN3. The lowest BCUT2D eigenvalue weighted by atomic mass is 9.99. The Kier molecular flexibility index (Phi) is 4.79. The summed E-state index contributed by atoms with van der Waals surface area (Å²) in [5.74, 6) is 0.573. The minimum atomic E-state index is 0.573. The summed E-state index contributed by atoms with van der Waals surface area (Å²) < 4.78 is 0. The maximum absolute atomic E-state index is 6.04. The summed E-state index contributed by atoms with van der Waals surface area (Å²) in [6.07, 6.45) is 10.6. The van der Waals surface area contributed by atoms with Crippen molar-refractivity contribution >= 4 is 17.3 Å². The molecule has 0 bridgehead atoms. The molecule has 2 fully saturated rings. The van der Waals surface area contributed by atoms with Crippen LogP contribution in [0, 0.1) is 0 Å². The molecule has 1 aromatic heterocycles. The van der Waals surface area contributed by atoms with Crippen molar-refractivity contribution in [2.75, 3.05) is 31.1 Å². The lowest BCUT2D eigenvalue weighted by molar-refractivity contribution is 0.141. The van der Waals surface area contributed by atoms with Crippen LogP contribution in [0.25, 0.3) is 0 Å². The number of pyridine rings is 1. The Morgan fingerprint density at radius 1 is 1.10 bits per heavy atom. The number of rotatable bonds is 3. The van der Waals surface area contributed by atoms with Crippen LogP contribution < -0.4 is 4.90 Å². The van der Waals surface area contributed by atoms with E-state index in [1.165, 1.54) is 56.4 Å². The van der Waals surface area contributed by atoms with E-state index in [4.69, 9.17) is 11.6 Å². The highest BCUT2D eigenvalue weighted by molar-refractivity contribution is 6.17. The Labute approximate surface area is 126 Å². The zero-order valence-corrected chi connectivity index (χ0v) is 12.9. The van der Waals surface area contributed by atoms with E-state index in [-0.39, 0.29) is 0 Å². The second-order valence-corrected chi connectivity index (χ2v) is 6.22. The number of aromatic nitrogens is 1. The van der Waals surface area contributed by atoms with Crippen molar-refractivity contribution in [3.8, 4) is 0 Å². The van der Waals surface area contributed by atoms with Crippen LogP contribution >= 0.6 is 11.6 Å². The molecule has 0 aliphatic carbocycles. The minimum Gasteiger partial charge on any atom is -0.370 e. The number of nitrogens with zero attached hydrogens (tertiary/aromatic N) is 3. The molecule has 0 atom stereocenters. The highest BCUT2D eigenvalue weighted by Gasteiger charge is 2.26. The average Bonchev–Trinajstić information content (AvgIpc) is 2.56. The van der Waals surface area contributed by atoms with E-state index in [0.717, 1.165) is 19.1 Å². The molecule has 3 rings (SSSR count). The number of piperidine rings is 2. The third-order valence-electron chi connectivity index (χ3n) is 4.74. The third-order valence-corrected chi connectivity index (χ3v) is 5.03. The van der Waals surface area contributed by atoms with Crippen molar-refractivity contribution in [1.82, 2.24) is 9.88 Å². The maximum atomic E-state index is 6.04. The van der Waals surface area contributed by atoms with Gasteiger partial charge in [-0.3, -0.25) is 4.98 Å². The molecule has 3 nitrogen and oxygen atoms in total. The first-order chi connectivity index (χ1) is 9.88. The molecule has 4 heteroatoms. The molecular weight excluding hydrogens is 270 g/mol. The summed E-state index contributed by atoms with van der Waals surface area (Å²) in [6.45, 7) is 4.89. The SMILES string of the molecule is ClCc1ccncc1N1CCC(N2CCCCC2)CC1. The first-order valence-corrected chi connectivity index (χ1v) is 8.40. The van der Waals surface area contributed by atoms with E-state index < -0.39 is 0 Å². The van der Waals surface area contributed by atoms with E-state index in [0.29, 0.717) is 5.88 Å². The van der Waals surface area contributed by atoms with Crippen LogP contribution in [-0.2, 0) is 5.88 Å². The molecule has 0 aromatic carbocycles. The second-order valence-electron chi connectivity index (χ2n) is 5.95. The summed E-state index contributed by atoms with van der Waals surface area (Å²) >= 11 is 6.04. The van der Waals surface area contributed by atoms with Crippen LogP contribution in [0.4, 0.5) is 5.69 Å². The molecule has 0 amide bonds. The molecule has 1 aromatic rings. The quantitative estimate of drug-likeness (QED) is 0.797. The number of hydrogen-bond acceptors (Lipinski definition) is 3. The fraction of sp³-hybridized carbons (Fsp3) is 0.688. The smallest absolute Gasteiger partial charge is 0.0597 e. The summed E-state index contributed by atoms with van der Waals surface area (Å²) in [5, 5.41) is 0. The predicted octanol–water partition coefficient (Wildman–Crippen LogP) is 3.28. The van der Waals surface area contributed by atoms with Gasteiger partial charge in [-0.25, -0.2) is 0 Å². The number of likely N-dealkylation sites (tertiary alicyclic amines) is 1. The van der Waals surface area contributed by atoms with Crippen LogP contribution in [0.3, 0.4) is 0 Å². The summed E-state index contributed by atoms with van der Waals surface area (Å²) in [4.78, 5) is 9.44. The Morgan fingerprint density at radius 2 is 1.85 bits per heavy atom.